The molecule has 4 rings (SSSR count). The first-order valence-electron chi connectivity index (χ1n) is 10.8. The number of para-hydroxylation sites is 1. The Morgan fingerprint density at radius 2 is 1.76 bits per heavy atom. The maximum absolute atomic E-state index is 15.0. The SMILES string of the molecule is O=C(NC1CCCCC1)C(c1ccc(O)cc1)N(C(=O)c1nsc(Cl)c1Cl)c1ccccc1F. The Morgan fingerprint density at radius 3 is 2.38 bits per heavy atom. The van der Waals surface area contributed by atoms with Gasteiger partial charge < -0.3 is 10.4 Å². The number of nitrogens with one attached hydrogen (secondary N) is 1. The second kappa shape index (κ2) is 10.7. The number of hydrogen-bond donors (Lipinski definition) is 2. The van der Waals surface area contributed by atoms with Crippen LogP contribution in [-0.2, 0) is 4.79 Å². The Hall–Kier alpha value is -2.68. The molecule has 6 nitrogen and oxygen atoms in total. The highest BCUT2D eigenvalue weighted by molar-refractivity contribution is 7.11. The Balaban J connectivity index is 1.83. The lowest BCUT2D eigenvalue weighted by molar-refractivity contribution is -0.123. The zero-order valence-electron chi connectivity index (χ0n) is 18.0. The van der Waals surface area contributed by atoms with Crippen molar-refractivity contribution in [3.8, 4) is 5.75 Å². The number of nitrogens with zero attached hydrogens (tertiary/aromatic N) is 2. The molecule has 1 heterocycles. The number of phenolic OH excluding ortho intramolecular Hbond substituents is 1. The maximum Gasteiger partial charge on any atom is 0.280 e. The predicted molar refractivity (Wildman–Crippen MR) is 131 cm³/mol. The molecule has 1 fully saturated rings. The highest BCUT2D eigenvalue weighted by Gasteiger charge is 2.37. The number of rotatable bonds is 6. The molecule has 10 heteroatoms. The molecule has 1 aromatic heterocycles. The van der Waals surface area contributed by atoms with Crippen LogP contribution in [-0.4, -0.2) is 27.3 Å². The van der Waals surface area contributed by atoms with E-state index in [0.29, 0.717) is 5.56 Å². The van der Waals surface area contributed by atoms with Crippen LogP contribution < -0.4 is 10.2 Å². The van der Waals surface area contributed by atoms with Gasteiger partial charge in [-0.25, -0.2) is 4.39 Å². The van der Waals surface area contributed by atoms with Gasteiger partial charge in [-0.05, 0) is 54.2 Å². The van der Waals surface area contributed by atoms with Crippen molar-refractivity contribution < 1.29 is 19.1 Å². The van der Waals surface area contributed by atoms with Gasteiger partial charge in [0.25, 0.3) is 5.91 Å². The van der Waals surface area contributed by atoms with Gasteiger partial charge in [0, 0.05) is 6.04 Å². The number of amides is 2. The van der Waals surface area contributed by atoms with Crippen molar-refractivity contribution in [2.75, 3.05) is 4.90 Å². The molecule has 0 saturated heterocycles. The van der Waals surface area contributed by atoms with Crippen molar-refractivity contribution in [3.05, 3.63) is 75.0 Å². The van der Waals surface area contributed by atoms with Crippen LogP contribution in [0.1, 0.15) is 54.2 Å². The zero-order chi connectivity index (χ0) is 24.2. The second-order valence-electron chi connectivity index (χ2n) is 8.08. The first kappa shape index (κ1) is 24.4. The summed E-state index contributed by atoms with van der Waals surface area (Å²) in [5, 5.41) is 12.8. The van der Waals surface area contributed by atoms with Gasteiger partial charge in [0.05, 0.1) is 5.69 Å². The van der Waals surface area contributed by atoms with Gasteiger partial charge >= 0.3 is 0 Å². The minimum atomic E-state index is -1.25. The molecule has 1 saturated carbocycles. The van der Waals surface area contributed by atoms with Crippen LogP contribution in [0.2, 0.25) is 9.36 Å². The van der Waals surface area contributed by atoms with Crippen LogP contribution >= 0.6 is 34.7 Å². The number of benzene rings is 2. The molecule has 2 amide bonds. The van der Waals surface area contributed by atoms with Crippen molar-refractivity contribution in [1.29, 1.82) is 0 Å². The van der Waals surface area contributed by atoms with Gasteiger partial charge in [0.1, 0.15) is 27.0 Å². The summed E-state index contributed by atoms with van der Waals surface area (Å²) in [7, 11) is 0. The van der Waals surface area contributed by atoms with Crippen molar-refractivity contribution >= 4 is 52.2 Å². The molecule has 2 N–H and O–H groups in total. The van der Waals surface area contributed by atoms with Gasteiger partial charge in [0.15, 0.2) is 5.69 Å². The standard InChI is InChI=1S/C24H22Cl2FN3O3S/c25-19-20(29-34-22(19)26)24(33)30(18-9-5-4-8-17(18)27)21(14-10-12-16(31)13-11-14)23(32)28-15-6-2-1-3-7-15/h4-5,8-13,15,21,31H,1-3,6-7H2,(H,28,32). The largest absolute Gasteiger partial charge is 0.508 e. The summed E-state index contributed by atoms with van der Waals surface area (Å²) >= 11 is 13.1. The minimum Gasteiger partial charge on any atom is -0.508 e. The summed E-state index contributed by atoms with van der Waals surface area (Å²) in [6.07, 6.45) is 4.76. The molecular weight excluding hydrogens is 500 g/mol. The molecule has 178 valence electrons. The van der Waals surface area contributed by atoms with Crippen LogP contribution in [0.15, 0.2) is 48.5 Å². The third-order valence-corrected chi connectivity index (χ3v) is 7.41. The van der Waals surface area contributed by atoms with Crippen LogP contribution in [0, 0.1) is 5.82 Å². The van der Waals surface area contributed by atoms with Crippen molar-refractivity contribution in [1.82, 2.24) is 9.69 Å². The molecule has 1 aliphatic rings. The molecule has 2 aromatic carbocycles. The number of aromatic nitrogens is 1. The van der Waals surface area contributed by atoms with Crippen molar-refractivity contribution in [2.24, 2.45) is 0 Å². The van der Waals surface area contributed by atoms with Crippen LogP contribution in [0.5, 0.6) is 5.75 Å². The average Bonchev–Trinajstić information content (AvgIpc) is 3.17. The molecule has 1 atom stereocenters. The summed E-state index contributed by atoms with van der Waals surface area (Å²) in [6.45, 7) is 0. The van der Waals surface area contributed by atoms with Gasteiger partial charge in [-0.15, -0.1) is 0 Å². The number of halogens is 3. The van der Waals surface area contributed by atoms with Gasteiger partial charge in [0.2, 0.25) is 5.91 Å². The first-order chi connectivity index (χ1) is 16.4. The number of anilines is 1. The van der Waals surface area contributed by atoms with E-state index in [1.165, 1.54) is 42.5 Å². The fraction of sp³-hybridized carbons (Fsp3) is 0.292. The highest BCUT2D eigenvalue weighted by Crippen LogP contribution is 2.36. The number of hydrogen-bond acceptors (Lipinski definition) is 5. The van der Waals surface area contributed by atoms with E-state index in [-0.39, 0.29) is 32.5 Å². The number of aromatic hydroxyl groups is 1. The van der Waals surface area contributed by atoms with E-state index in [0.717, 1.165) is 48.5 Å². The van der Waals surface area contributed by atoms with E-state index >= 15 is 4.39 Å². The molecular formula is C24H22Cl2FN3O3S. The fourth-order valence-electron chi connectivity index (χ4n) is 4.12. The molecule has 0 aliphatic heterocycles. The van der Waals surface area contributed by atoms with E-state index in [2.05, 4.69) is 9.69 Å². The van der Waals surface area contributed by atoms with Gasteiger partial charge in [-0.2, -0.15) is 4.37 Å². The molecule has 3 aromatic rings. The van der Waals surface area contributed by atoms with E-state index < -0.39 is 23.7 Å². The van der Waals surface area contributed by atoms with Gasteiger partial charge in [-0.1, -0.05) is 66.7 Å². The molecule has 34 heavy (non-hydrogen) atoms. The molecule has 0 bridgehead atoms. The lowest BCUT2D eigenvalue weighted by Gasteiger charge is -2.33. The Kier molecular flexibility index (Phi) is 7.70. The van der Waals surface area contributed by atoms with E-state index in [9.17, 15) is 14.7 Å². The summed E-state index contributed by atoms with van der Waals surface area (Å²) in [5.41, 5.74) is 0.110. The fourth-order valence-corrected chi connectivity index (χ4v) is 5.11. The summed E-state index contributed by atoms with van der Waals surface area (Å²) in [6, 6.07) is 10.3. The number of phenols is 1. The van der Waals surface area contributed by atoms with E-state index in [1.54, 1.807) is 6.07 Å². The van der Waals surface area contributed by atoms with Crippen molar-refractivity contribution in [3.63, 3.8) is 0 Å². The van der Waals surface area contributed by atoms with Crippen LogP contribution in [0.25, 0.3) is 0 Å². The highest BCUT2D eigenvalue weighted by atomic mass is 35.5. The second-order valence-corrected chi connectivity index (χ2v) is 9.84. The predicted octanol–water partition coefficient (Wildman–Crippen LogP) is 6.13. The summed E-state index contributed by atoms with van der Waals surface area (Å²) in [5.74, 6) is -1.93. The van der Waals surface area contributed by atoms with Crippen molar-refractivity contribution in [2.45, 2.75) is 44.2 Å². The summed E-state index contributed by atoms with van der Waals surface area (Å²) < 4.78 is 19.2. The lowest BCUT2D eigenvalue weighted by Crippen LogP contribution is -2.47. The minimum absolute atomic E-state index is 0.00622. The number of carbonyl (C=O) groups is 2. The van der Waals surface area contributed by atoms with Crippen LogP contribution in [0.4, 0.5) is 10.1 Å². The molecule has 1 aliphatic carbocycles. The average molecular weight is 522 g/mol. The summed E-state index contributed by atoms with van der Waals surface area (Å²) in [4.78, 5) is 28.5. The van der Waals surface area contributed by atoms with Gasteiger partial charge in [-0.3, -0.25) is 14.5 Å². The molecule has 0 spiro atoms. The topological polar surface area (TPSA) is 82.5 Å². The Bertz CT molecular complexity index is 1180. The normalized spacial score (nSPS) is 15.0. The monoisotopic (exact) mass is 521 g/mol. The third-order valence-electron chi connectivity index (χ3n) is 5.80. The van der Waals surface area contributed by atoms with E-state index in [1.807, 2.05) is 0 Å². The Labute approximate surface area is 210 Å². The first-order valence-corrected chi connectivity index (χ1v) is 12.4. The smallest absolute Gasteiger partial charge is 0.280 e. The number of carbonyl (C=O) groups excluding carboxylic acids is 2. The zero-order valence-corrected chi connectivity index (χ0v) is 20.3. The third kappa shape index (κ3) is 5.19. The lowest BCUT2D eigenvalue weighted by atomic mass is 9.94. The van der Waals surface area contributed by atoms with E-state index in [4.69, 9.17) is 23.2 Å². The maximum atomic E-state index is 15.0. The Morgan fingerprint density at radius 1 is 1.09 bits per heavy atom. The quantitative estimate of drug-likeness (QED) is 0.408. The molecule has 0 radical (unpaired) electrons. The van der Waals surface area contributed by atoms with Crippen LogP contribution in [0.3, 0.4) is 0 Å². The molecule has 1 unspecified atom stereocenters.